The van der Waals surface area contributed by atoms with Gasteiger partial charge in [0, 0.05) is 31.3 Å². The molecule has 0 aliphatic carbocycles. The van der Waals surface area contributed by atoms with Crippen molar-refractivity contribution in [2.24, 2.45) is 0 Å². The maximum Gasteiger partial charge on any atom is 0.352 e. The number of nitrogens with zero attached hydrogens (tertiary/aromatic N) is 5. The van der Waals surface area contributed by atoms with Crippen molar-refractivity contribution in [3.63, 3.8) is 0 Å². The van der Waals surface area contributed by atoms with E-state index in [0.717, 1.165) is 48.6 Å². The van der Waals surface area contributed by atoms with Crippen molar-refractivity contribution in [3.05, 3.63) is 82.7 Å². The van der Waals surface area contributed by atoms with E-state index in [1.165, 1.54) is 6.07 Å². The van der Waals surface area contributed by atoms with Gasteiger partial charge in [0.25, 0.3) is 0 Å². The van der Waals surface area contributed by atoms with Gasteiger partial charge < -0.3 is 24.1 Å². The molecule has 1 unspecified atom stereocenters. The van der Waals surface area contributed by atoms with Crippen LogP contribution in [0.1, 0.15) is 46.0 Å². The fourth-order valence-corrected chi connectivity index (χ4v) is 4.97. The first-order chi connectivity index (χ1) is 19.5. The number of ether oxygens (including phenoxy) is 2. The summed E-state index contributed by atoms with van der Waals surface area (Å²) >= 11 is 0. The van der Waals surface area contributed by atoms with Gasteiger partial charge in [-0.3, -0.25) is 4.90 Å². The van der Waals surface area contributed by atoms with Gasteiger partial charge in [-0.05, 0) is 42.7 Å². The third-order valence-corrected chi connectivity index (χ3v) is 7.30. The number of imidazole rings is 1. The lowest BCUT2D eigenvalue weighted by Gasteiger charge is -2.29. The number of nitrogens with one attached hydrogen (secondary N) is 1. The molecule has 0 amide bonds. The molecule has 3 aromatic heterocycles. The molecule has 0 saturated carbocycles. The summed E-state index contributed by atoms with van der Waals surface area (Å²) in [5, 5.41) is 18.3. The van der Waals surface area contributed by atoms with E-state index in [1.54, 1.807) is 24.3 Å². The third-order valence-electron chi connectivity index (χ3n) is 7.30. The molecule has 0 spiro atoms. The molecule has 204 valence electrons. The summed E-state index contributed by atoms with van der Waals surface area (Å²) in [7, 11) is 0. The van der Waals surface area contributed by atoms with Crippen LogP contribution in [0.4, 0.5) is 4.39 Å². The molecule has 5 heterocycles. The number of hydrogen-bond acceptors (Lipinski definition) is 7. The van der Waals surface area contributed by atoms with E-state index in [2.05, 4.69) is 25.5 Å². The summed E-state index contributed by atoms with van der Waals surface area (Å²) in [6.45, 7) is 3.53. The summed E-state index contributed by atoms with van der Waals surface area (Å²) < 4.78 is 27.7. The van der Waals surface area contributed by atoms with Crippen molar-refractivity contribution in [2.45, 2.75) is 38.6 Å². The van der Waals surface area contributed by atoms with Gasteiger partial charge in [-0.2, -0.15) is 5.26 Å². The average Bonchev–Trinajstić information content (AvgIpc) is 3.49. The molecule has 1 aromatic carbocycles. The Bertz CT molecular complexity index is 1650. The molecule has 6 rings (SSSR count). The topological polar surface area (TPSA) is 129 Å². The molecule has 0 radical (unpaired) electrons. The van der Waals surface area contributed by atoms with Gasteiger partial charge in [0.2, 0.25) is 5.88 Å². The van der Waals surface area contributed by atoms with Crippen LogP contribution in [0.3, 0.4) is 0 Å². The maximum atomic E-state index is 14.2. The zero-order valence-electron chi connectivity index (χ0n) is 21.6. The van der Waals surface area contributed by atoms with Crippen LogP contribution < -0.4 is 4.74 Å². The SMILES string of the molecule is N#Cc1ccc(COc2cccc(C3=CCN(Cc4nc5[nH]c(C(=O)O)cc5n4CC4CCO4)CC3)n2)c(F)c1. The molecular weight excluding hydrogens is 515 g/mol. The zero-order chi connectivity index (χ0) is 27.6. The number of carbonyl (C=O) groups is 1. The molecule has 40 heavy (non-hydrogen) atoms. The number of pyridine rings is 1. The lowest BCUT2D eigenvalue weighted by atomic mass is 10.0. The number of aromatic carboxylic acids is 1. The van der Waals surface area contributed by atoms with Crippen LogP contribution in [-0.2, 0) is 24.4 Å². The smallest absolute Gasteiger partial charge is 0.352 e. The van der Waals surface area contributed by atoms with Gasteiger partial charge in [-0.15, -0.1) is 0 Å². The van der Waals surface area contributed by atoms with Crippen molar-refractivity contribution < 1.29 is 23.8 Å². The molecule has 4 aromatic rings. The number of benzene rings is 1. The Morgan fingerprint density at radius 2 is 2.15 bits per heavy atom. The maximum absolute atomic E-state index is 14.2. The van der Waals surface area contributed by atoms with Crippen molar-refractivity contribution >= 4 is 22.7 Å². The fraction of sp³-hybridized carbons (Fsp3) is 0.310. The second-order valence-electron chi connectivity index (χ2n) is 9.92. The number of nitriles is 1. The minimum Gasteiger partial charge on any atom is -0.477 e. The summed E-state index contributed by atoms with van der Waals surface area (Å²) in [5.74, 6) is -0.218. The highest BCUT2D eigenvalue weighted by Crippen LogP contribution is 2.26. The van der Waals surface area contributed by atoms with E-state index < -0.39 is 11.8 Å². The van der Waals surface area contributed by atoms with E-state index in [1.807, 2.05) is 18.2 Å². The van der Waals surface area contributed by atoms with Gasteiger partial charge in [-0.25, -0.2) is 19.2 Å². The van der Waals surface area contributed by atoms with Gasteiger partial charge in [0.05, 0.1) is 42.0 Å². The van der Waals surface area contributed by atoms with Crippen LogP contribution in [0.5, 0.6) is 5.88 Å². The number of rotatable bonds is 9. The number of halogens is 1. The lowest BCUT2D eigenvalue weighted by Crippen LogP contribution is -2.33. The summed E-state index contributed by atoms with van der Waals surface area (Å²) in [6.07, 6.45) is 4.02. The number of aromatic amines is 1. The van der Waals surface area contributed by atoms with E-state index in [4.69, 9.17) is 19.7 Å². The summed E-state index contributed by atoms with van der Waals surface area (Å²) in [6, 6.07) is 13.4. The molecule has 1 fully saturated rings. The van der Waals surface area contributed by atoms with Crippen molar-refractivity contribution in [3.8, 4) is 11.9 Å². The largest absolute Gasteiger partial charge is 0.477 e. The first-order valence-corrected chi connectivity index (χ1v) is 13.1. The van der Waals surface area contributed by atoms with Gasteiger partial charge >= 0.3 is 5.97 Å². The standard InChI is InChI=1S/C29H27FN6O4/c30-22-12-18(14-31)4-5-20(22)17-40-27-3-1-2-23(32-27)19-6-9-35(10-7-19)16-26-34-28-25(13-24(33-28)29(37)38)36(26)15-21-8-11-39-21/h1-6,12-13,21,33H,7-11,15-17H2,(H,37,38). The molecule has 10 nitrogen and oxygen atoms in total. The Morgan fingerprint density at radius 3 is 2.85 bits per heavy atom. The number of H-pyrrole nitrogens is 1. The summed E-state index contributed by atoms with van der Waals surface area (Å²) in [5.41, 5.74) is 4.02. The van der Waals surface area contributed by atoms with Crippen molar-refractivity contribution in [1.82, 2.24) is 24.4 Å². The van der Waals surface area contributed by atoms with E-state index in [-0.39, 0.29) is 24.0 Å². The Hall–Kier alpha value is -4.53. The van der Waals surface area contributed by atoms with Crippen LogP contribution in [0.25, 0.3) is 16.7 Å². The summed E-state index contributed by atoms with van der Waals surface area (Å²) in [4.78, 5) is 26.0. The second-order valence-corrected chi connectivity index (χ2v) is 9.92. The van der Waals surface area contributed by atoms with E-state index in [9.17, 15) is 14.3 Å². The van der Waals surface area contributed by atoms with Crippen LogP contribution in [-0.4, -0.2) is 61.3 Å². The number of fused-ring (bicyclic) bond motifs is 1. The van der Waals surface area contributed by atoms with Crippen LogP contribution in [0.2, 0.25) is 0 Å². The molecule has 2 aliphatic rings. The van der Waals surface area contributed by atoms with Crippen molar-refractivity contribution in [2.75, 3.05) is 19.7 Å². The number of hydrogen-bond donors (Lipinski definition) is 2. The number of aromatic nitrogens is 4. The molecule has 2 N–H and O–H groups in total. The monoisotopic (exact) mass is 542 g/mol. The molecular formula is C29H27FN6O4. The first-order valence-electron chi connectivity index (χ1n) is 13.1. The Labute approximate surface area is 229 Å². The normalized spacial score (nSPS) is 17.3. The van der Waals surface area contributed by atoms with E-state index >= 15 is 0 Å². The minimum absolute atomic E-state index is 0.0152. The zero-order valence-corrected chi connectivity index (χ0v) is 21.6. The van der Waals surface area contributed by atoms with Crippen LogP contribution >= 0.6 is 0 Å². The molecule has 2 aliphatic heterocycles. The highest BCUT2D eigenvalue weighted by atomic mass is 19.1. The fourth-order valence-electron chi connectivity index (χ4n) is 4.97. The highest BCUT2D eigenvalue weighted by molar-refractivity contribution is 5.91. The van der Waals surface area contributed by atoms with Crippen molar-refractivity contribution in [1.29, 1.82) is 5.26 Å². The number of carboxylic acids is 1. The molecule has 1 atom stereocenters. The van der Waals surface area contributed by atoms with E-state index in [0.29, 0.717) is 36.7 Å². The third kappa shape index (κ3) is 5.32. The van der Waals surface area contributed by atoms with Gasteiger partial charge in [0.1, 0.15) is 23.9 Å². The predicted octanol–water partition coefficient (Wildman–Crippen LogP) is 4.13. The van der Waals surface area contributed by atoms with Gasteiger partial charge in [-0.1, -0.05) is 18.2 Å². The Balaban J connectivity index is 1.12. The quantitative estimate of drug-likeness (QED) is 0.323. The highest BCUT2D eigenvalue weighted by Gasteiger charge is 2.25. The predicted molar refractivity (Wildman–Crippen MR) is 143 cm³/mol. The van der Waals surface area contributed by atoms with Crippen LogP contribution in [0.15, 0.2) is 48.5 Å². The average molecular weight is 543 g/mol. The number of carboxylic acid groups (broad SMARTS) is 1. The molecule has 0 bridgehead atoms. The first kappa shape index (κ1) is 25.7. The Morgan fingerprint density at radius 1 is 1.27 bits per heavy atom. The Kier molecular flexibility index (Phi) is 7.02. The molecule has 1 saturated heterocycles. The molecule has 11 heteroatoms. The lowest BCUT2D eigenvalue weighted by molar-refractivity contribution is -0.0591. The minimum atomic E-state index is -1.01. The second kappa shape index (κ2) is 10.9. The van der Waals surface area contributed by atoms with Crippen LogP contribution in [0, 0.1) is 17.1 Å². The van der Waals surface area contributed by atoms with Gasteiger partial charge in [0.15, 0.2) is 5.65 Å².